The Hall–Kier alpha value is -4.35. The Morgan fingerprint density at radius 1 is 1.21 bits per heavy atom. The summed E-state index contributed by atoms with van der Waals surface area (Å²) in [6.07, 6.45) is 2.96. The maximum absolute atomic E-state index is 13.7. The largest absolute Gasteiger partial charge is 0.464 e. The topological polar surface area (TPSA) is 123 Å². The first-order valence-corrected chi connectivity index (χ1v) is 10.4. The average molecular weight is 457 g/mol. The van der Waals surface area contributed by atoms with Crippen molar-refractivity contribution >= 4 is 45.1 Å². The lowest BCUT2D eigenvalue weighted by atomic mass is 10.1. The number of fused-ring (bicyclic) bond motifs is 2. The van der Waals surface area contributed by atoms with Crippen molar-refractivity contribution in [3.63, 3.8) is 0 Å². The van der Waals surface area contributed by atoms with Crippen LogP contribution in [0.4, 0.5) is 11.8 Å². The Labute approximate surface area is 192 Å². The Balaban J connectivity index is 1.74. The first-order chi connectivity index (χ1) is 16.0. The highest BCUT2D eigenvalue weighted by Gasteiger charge is 2.20. The number of nitrogens with zero attached hydrogens (tertiary/aromatic N) is 4. The van der Waals surface area contributed by atoms with E-state index in [4.69, 9.17) is 21.8 Å². The number of anilines is 2. The highest BCUT2D eigenvalue weighted by molar-refractivity contribution is 6.35. The van der Waals surface area contributed by atoms with Gasteiger partial charge in [0.15, 0.2) is 0 Å². The molecule has 0 aliphatic carbocycles. The fraction of sp³-hybridized carbons (Fsp3) is 0.0833. The van der Waals surface area contributed by atoms with Gasteiger partial charge in [0, 0.05) is 16.8 Å². The predicted octanol–water partition coefficient (Wildman–Crippen LogP) is 4.81. The zero-order valence-corrected chi connectivity index (χ0v) is 18.2. The second kappa shape index (κ2) is 7.97. The minimum absolute atomic E-state index is 0.0387. The standard InChI is InChI=1S/C24H17ClN6O2/c1-13(29-22-16(11-26)12-28-24(27)30-22)19-10-15-3-2-4-18(25)21(15)23(32)31(19)17-5-6-20-14(9-17)7-8-33-20/h2-10,12-13H,1H3,(H3,27,28,29,30). The van der Waals surface area contributed by atoms with E-state index in [-0.39, 0.29) is 22.9 Å². The van der Waals surface area contributed by atoms with Gasteiger partial charge in [0.25, 0.3) is 5.56 Å². The van der Waals surface area contributed by atoms with E-state index in [0.717, 1.165) is 5.39 Å². The molecular formula is C24H17ClN6O2. The molecule has 9 heteroatoms. The molecule has 3 aromatic heterocycles. The molecule has 0 radical (unpaired) electrons. The number of aromatic nitrogens is 3. The van der Waals surface area contributed by atoms with Crippen LogP contribution in [0.5, 0.6) is 0 Å². The highest BCUT2D eigenvalue weighted by atomic mass is 35.5. The van der Waals surface area contributed by atoms with E-state index in [0.29, 0.717) is 32.8 Å². The van der Waals surface area contributed by atoms with Gasteiger partial charge in [0.2, 0.25) is 5.95 Å². The average Bonchev–Trinajstić information content (AvgIpc) is 3.27. The van der Waals surface area contributed by atoms with Gasteiger partial charge in [-0.25, -0.2) is 4.98 Å². The van der Waals surface area contributed by atoms with Crippen LogP contribution in [0.2, 0.25) is 5.02 Å². The monoisotopic (exact) mass is 456 g/mol. The molecule has 0 aliphatic rings. The molecule has 8 nitrogen and oxygen atoms in total. The minimum atomic E-state index is -0.428. The van der Waals surface area contributed by atoms with Gasteiger partial charge in [-0.05, 0) is 48.7 Å². The summed E-state index contributed by atoms with van der Waals surface area (Å²) in [4.78, 5) is 21.7. The van der Waals surface area contributed by atoms with Crippen LogP contribution in [-0.2, 0) is 0 Å². The third kappa shape index (κ3) is 3.54. The van der Waals surface area contributed by atoms with Crippen molar-refractivity contribution in [3.05, 3.63) is 87.6 Å². The van der Waals surface area contributed by atoms with Crippen LogP contribution in [0.1, 0.15) is 24.2 Å². The highest BCUT2D eigenvalue weighted by Crippen LogP contribution is 2.29. The fourth-order valence-corrected chi connectivity index (χ4v) is 4.15. The molecule has 3 heterocycles. The molecule has 5 aromatic rings. The van der Waals surface area contributed by atoms with Gasteiger partial charge >= 0.3 is 0 Å². The van der Waals surface area contributed by atoms with Crippen molar-refractivity contribution in [1.29, 1.82) is 5.26 Å². The number of hydrogen-bond donors (Lipinski definition) is 2. The predicted molar refractivity (Wildman–Crippen MR) is 128 cm³/mol. The SMILES string of the molecule is CC(Nc1nc(N)ncc1C#N)c1cc2cccc(Cl)c2c(=O)n1-c1ccc2occc2c1. The molecule has 0 saturated carbocycles. The summed E-state index contributed by atoms with van der Waals surface area (Å²) < 4.78 is 7.05. The van der Waals surface area contributed by atoms with Crippen molar-refractivity contribution in [2.45, 2.75) is 13.0 Å². The molecular weight excluding hydrogens is 440 g/mol. The van der Waals surface area contributed by atoms with E-state index in [2.05, 4.69) is 21.4 Å². The van der Waals surface area contributed by atoms with E-state index in [9.17, 15) is 10.1 Å². The van der Waals surface area contributed by atoms with Crippen molar-refractivity contribution in [3.8, 4) is 11.8 Å². The summed E-state index contributed by atoms with van der Waals surface area (Å²) in [5, 5.41) is 15.0. The zero-order valence-electron chi connectivity index (χ0n) is 17.4. The smallest absolute Gasteiger partial charge is 0.264 e. The van der Waals surface area contributed by atoms with E-state index in [1.807, 2.05) is 43.3 Å². The lowest BCUT2D eigenvalue weighted by molar-refractivity contribution is 0.616. The first kappa shape index (κ1) is 20.5. The maximum atomic E-state index is 13.7. The molecule has 3 N–H and O–H groups in total. The molecule has 0 bridgehead atoms. The summed E-state index contributed by atoms with van der Waals surface area (Å²) in [7, 11) is 0. The van der Waals surface area contributed by atoms with Crippen LogP contribution in [0.15, 0.2) is 70.2 Å². The van der Waals surface area contributed by atoms with E-state index < -0.39 is 6.04 Å². The normalized spacial score (nSPS) is 12.0. The van der Waals surface area contributed by atoms with Gasteiger partial charge in [0.1, 0.15) is 23.0 Å². The molecule has 0 amide bonds. The minimum Gasteiger partial charge on any atom is -0.464 e. The van der Waals surface area contributed by atoms with Gasteiger partial charge in [-0.15, -0.1) is 0 Å². The molecule has 0 saturated heterocycles. The van der Waals surface area contributed by atoms with Crippen LogP contribution in [0.3, 0.4) is 0 Å². The van der Waals surface area contributed by atoms with Crippen molar-refractivity contribution in [2.24, 2.45) is 0 Å². The number of nitrogen functional groups attached to an aromatic ring is 1. The number of furan rings is 1. The summed E-state index contributed by atoms with van der Waals surface area (Å²) >= 11 is 6.41. The number of nitriles is 1. The lowest BCUT2D eigenvalue weighted by Gasteiger charge is -2.22. The van der Waals surface area contributed by atoms with Gasteiger partial charge in [-0.2, -0.15) is 10.2 Å². The van der Waals surface area contributed by atoms with E-state index in [1.54, 1.807) is 23.0 Å². The van der Waals surface area contributed by atoms with E-state index in [1.165, 1.54) is 6.20 Å². The summed E-state index contributed by atoms with van der Waals surface area (Å²) in [6.45, 7) is 1.87. The van der Waals surface area contributed by atoms with E-state index >= 15 is 0 Å². The Kier molecular flexibility index (Phi) is 4.96. The third-order valence-corrected chi connectivity index (χ3v) is 5.76. The van der Waals surface area contributed by atoms with Crippen LogP contribution >= 0.6 is 11.6 Å². The van der Waals surface area contributed by atoms with Crippen molar-refractivity contribution in [1.82, 2.24) is 14.5 Å². The fourth-order valence-electron chi connectivity index (χ4n) is 3.88. The lowest BCUT2D eigenvalue weighted by Crippen LogP contribution is -2.26. The number of halogens is 1. The number of hydrogen-bond acceptors (Lipinski definition) is 7. The molecule has 5 rings (SSSR count). The number of pyridine rings is 1. The Morgan fingerprint density at radius 3 is 2.88 bits per heavy atom. The first-order valence-electron chi connectivity index (χ1n) is 10.1. The van der Waals surface area contributed by atoms with Gasteiger partial charge in [-0.1, -0.05) is 23.7 Å². The van der Waals surface area contributed by atoms with Gasteiger partial charge in [0.05, 0.1) is 28.9 Å². The zero-order chi connectivity index (χ0) is 23.1. The molecule has 0 fully saturated rings. The molecule has 0 aliphatic heterocycles. The Morgan fingerprint density at radius 2 is 2.06 bits per heavy atom. The maximum Gasteiger partial charge on any atom is 0.264 e. The molecule has 162 valence electrons. The second-order valence-corrected chi connectivity index (χ2v) is 7.93. The quantitative estimate of drug-likeness (QED) is 0.398. The Bertz CT molecular complexity index is 1630. The molecule has 1 unspecified atom stereocenters. The van der Waals surface area contributed by atoms with Gasteiger partial charge < -0.3 is 15.5 Å². The van der Waals surface area contributed by atoms with Crippen LogP contribution in [-0.4, -0.2) is 14.5 Å². The number of benzene rings is 2. The molecule has 0 spiro atoms. The summed E-state index contributed by atoms with van der Waals surface area (Å²) in [6, 6.07) is 16.2. The molecule has 2 aromatic carbocycles. The summed E-state index contributed by atoms with van der Waals surface area (Å²) in [5.74, 6) is 0.324. The molecule has 1 atom stereocenters. The number of nitrogens with one attached hydrogen (secondary N) is 1. The van der Waals surface area contributed by atoms with Crippen molar-refractivity contribution in [2.75, 3.05) is 11.1 Å². The van der Waals surface area contributed by atoms with Gasteiger partial charge in [-0.3, -0.25) is 9.36 Å². The van der Waals surface area contributed by atoms with Crippen LogP contribution < -0.4 is 16.6 Å². The van der Waals surface area contributed by atoms with Crippen molar-refractivity contribution < 1.29 is 4.42 Å². The number of rotatable bonds is 4. The van der Waals surface area contributed by atoms with Crippen LogP contribution in [0, 0.1) is 11.3 Å². The second-order valence-electron chi connectivity index (χ2n) is 7.52. The molecule has 33 heavy (non-hydrogen) atoms. The number of nitrogens with two attached hydrogens (primary N) is 1. The third-order valence-electron chi connectivity index (χ3n) is 5.44. The summed E-state index contributed by atoms with van der Waals surface area (Å²) in [5.41, 5.74) is 7.73. The van der Waals surface area contributed by atoms with Crippen LogP contribution in [0.25, 0.3) is 27.4 Å².